The summed E-state index contributed by atoms with van der Waals surface area (Å²) in [5.41, 5.74) is 3.57. The van der Waals surface area contributed by atoms with Gasteiger partial charge in [0.25, 0.3) is 0 Å². The van der Waals surface area contributed by atoms with Crippen molar-refractivity contribution in [1.82, 2.24) is 9.55 Å². The monoisotopic (exact) mass is 292 g/mol. The van der Waals surface area contributed by atoms with Crippen LogP contribution in [0.4, 0.5) is 0 Å². The Morgan fingerprint density at radius 3 is 2.94 bits per heavy atom. The summed E-state index contributed by atoms with van der Waals surface area (Å²) in [7, 11) is 1.70. The van der Waals surface area contributed by atoms with Crippen LogP contribution in [0.25, 0.3) is 5.69 Å². The highest BCUT2D eigenvalue weighted by Crippen LogP contribution is 2.32. The second kappa shape index (κ2) is 3.88. The van der Waals surface area contributed by atoms with Crippen LogP contribution in [0.15, 0.2) is 22.8 Å². The molecule has 0 aliphatic carbocycles. The summed E-state index contributed by atoms with van der Waals surface area (Å²) < 4.78 is 8.51. The average molecular weight is 293 g/mol. The molecule has 0 saturated heterocycles. The van der Waals surface area contributed by atoms with Gasteiger partial charge in [0.05, 0.1) is 18.5 Å². The van der Waals surface area contributed by atoms with Gasteiger partial charge in [0.2, 0.25) is 0 Å². The molecule has 0 amide bonds. The maximum atomic E-state index is 5.27. The van der Waals surface area contributed by atoms with Crippen molar-refractivity contribution in [2.45, 2.75) is 19.8 Å². The Morgan fingerprint density at radius 1 is 1.35 bits per heavy atom. The first-order chi connectivity index (χ1) is 8.20. The van der Waals surface area contributed by atoms with Gasteiger partial charge in [-0.3, -0.25) is 4.57 Å². The van der Waals surface area contributed by atoms with Crippen molar-refractivity contribution in [3.63, 3.8) is 0 Å². The lowest BCUT2D eigenvalue weighted by Gasteiger charge is -2.19. The molecule has 1 aromatic carbocycles. The molecule has 3 rings (SSSR count). The molecule has 0 spiro atoms. The Hall–Kier alpha value is -1.29. The van der Waals surface area contributed by atoms with Crippen LogP contribution >= 0.6 is 15.9 Å². The predicted octanol–water partition coefficient (Wildman–Crippen LogP) is 3.05. The van der Waals surface area contributed by atoms with Gasteiger partial charge in [-0.05, 0) is 53.0 Å². The van der Waals surface area contributed by atoms with Crippen LogP contribution in [0.3, 0.4) is 0 Å². The van der Waals surface area contributed by atoms with Gasteiger partial charge in [-0.25, -0.2) is 4.98 Å². The second-order valence-corrected chi connectivity index (χ2v) is 4.99. The topological polar surface area (TPSA) is 27.1 Å². The number of halogens is 1. The Kier molecular flexibility index (Phi) is 2.47. The van der Waals surface area contributed by atoms with E-state index >= 15 is 0 Å². The minimum atomic E-state index is 0.917. The van der Waals surface area contributed by atoms with Crippen LogP contribution in [0, 0.1) is 6.92 Å². The number of methoxy groups -OCH3 is 1. The maximum Gasteiger partial charge on any atom is 0.119 e. The van der Waals surface area contributed by atoms with Crippen molar-refractivity contribution in [3.05, 3.63) is 39.9 Å². The van der Waals surface area contributed by atoms with Crippen molar-refractivity contribution in [2.75, 3.05) is 7.11 Å². The molecule has 0 saturated carbocycles. The van der Waals surface area contributed by atoms with E-state index in [-0.39, 0.29) is 0 Å². The molecule has 0 radical (unpaired) electrons. The van der Waals surface area contributed by atoms with Crippen LogP contribution in [0.1, 0.15) is 17.1 Å². The molecule has 2 aromatic rings. The number of fused-ring (bicyclic) bond motifs is 3. The first-order valence-electron chi connectivity index (χ1n) is 5.61. The number of benzene rings is 1. The molecular weight excluding hydrogens is 280 g/mol. The third-order valence-electron chi connectivity index (χ3n) is 3.20. The van der Waals surface area contributed by atoms with Gasteiger partial charge in [0, 0.05) is 6.42 Å². The molecule has 1 aliphatic rings. The predicted molar refractivity (Wildman–Crippen MR) is 70.0 cm³/mol. The highest BCUT2D eigenvalue weighted by molar-refractivity contribution is 9.10. The first-order valence-corrected chi connectivity index (χ1v) is 6.41. The first kappa shape index (κ1) is 10.8. The van der Waals surface area contributed by atoms with Crippen molar-refractivity contribution in [2.24, 2.45) is 0 Å². The third-order valence-corrected chi connectivity index (χ3v) is 4.12. The molecule has 4 heteroatoms. The van der Waals surface area contributed by atoms with Gasteiger partial charge >= 0.3 is 0 Å². The van der Waals surface area contributed by atoms with E-state index in [2.05, 4.69) is 37.6 Å². The Balaban J connectivity index is 2.22. The zero-order valence-electron chi connectivity index (χ0n) is 9.83. The van der Waals surface area contributed by atoms with Gasteiger partial charge in [-0.2, -0.15) is 0 Å². The van der Waals surface area contributed by atoms with E-state index in [1.54, 1.807) is 7.11 Å². The Morgan fingerprint density at radius 2 is 2.18 bits per heavy atom. The molecule has 0 fully saturated rings. The van der Waals surface area contributed by atoms with E-state index in [4.69, 9.17) is 4.74 Å². The van der Waals surface area contributed by atoms with E-state index in [1.807, 2.05) is 13.0 Å². The fraction of sp³-hybridized carbons (Fsp3) is 0.308. The third kappa shape index (κ3) is 1.59. The Labute approximate surface area is 109 Å². The van der Waals surface area contributed by atoms with Crippen LogP contribution in [0.5, 0.6) is 5.75 Å². The lowest BCUT2D eigenvalue weighted by atomic mass is 10.0. The zero-order valence-corrected chi connectivity index (χ0v) is 11.4. The van der Waals surface area contributed by atoms with Crippen LogP contribution < -0.4 is 4.74 Å². The number of aryl methyl sites for hydroxylation is 3. The lowest BCUT2D eigenvalue weighted by molar-refractivity contribution is 0.414. The number of hydrogen-bond donors (Lipinski definition) is 0. The van der Waals surface area contributed by atoms with E-state index in [1.165, 1.54) is 11.3 Å². The fourth-order valence-electron chi connectivity index (χ4n) is 2.33. The Bertz CT molecular complexity index is 589. The number of aromatic nitrogens is 2. The van der Waals surface area contributed by atoms with Gasteiger partial charge < -0.3 is 4.74 Å². The van der Waals surface area contributed by atoms with Crippen molar-refractivity contribution >= 4 is 15.9 Å². The fourth-order valence-corrected chi connectivity index (χ4v) is 2.82. The normalized spacial score (nSPS) is 13.1. The van der Waals surface area contributed by atoms with Crippen LogP contribution in [0.2, 0.25) is 0 Å². The van der Waals surface area contributed by atoms with E-state index in [0.717, 1.165) is 34.7 Å². The van der Waals surface area contributed by atoms with E-state index in [0.29, 0.717) is 0 Å². The standard InChI is InChI=1S/C13H13BrN2O/c1-8-13(14)16-11-5-4-10(17-2)7-9(11)3-6-12(16)15-8/h4-5,7H,3,6H2,1-2H3. The molecule has 1 aromatic heterocycles. The minimum absolute atomic E-state index is 0.917. The highest BCUT2D eigenvalue weighted by atomic mass is 79.9. The quantitative estimate of drug-likeness (QED) is 0.808. The molecule has 0 atom stereocenters. The highest BCUT2D eigenvalue weighted by Gasteiger charge is 2.21. The van der Waals surface area contributed by atoms with Gasteiger partial charge in [-0.1, -0.05) is 0 Å². The zero-order chi connectivity index (χ0) is 12.0. The maximum absolute atomic E-state index is 5.27. The molecule has 2 heterocycles. The van der Waals surface area contributed by atoms with Crippen LogP contribution in [-0.4, -0.2) is 16.7 Å². The number of nitrogens with zero attached hydrogens (tertiary/aromatic N) is 2. The second-order valence-electron chi connectivity index (χ2n) is 4.23. The summed E-state index contributed by atoms with van der Waals surface area (Å²) in [5.74, 6) is 2.05. The largest absolute Gasteiger partial charge is 0.497 e. The number of rotatable bonds is 1. The summed E-state index contributed by atoms with van der Waals surface area (Å²) in [6.07, 6.45) is 2.00. The molecule has 0 bridgehead atoms. The molecule has 0 N–H and O–H groups in total. The molecule has 0 unspecified atom stereocenters. The molecular formula is C13H13BrN2O. The van der Waals surface area contributed by atoms with Gasteiger partial charge in [-0.15, -0.1) is 0 Å². The molecule has 1 aliphatic heterocycles. The lowest BCUT2D eigenvalue weighted by Crippen LogP contribution is -2.12. The number of imidazole rings is 1. The van der Waals surface area contributed by atoms with Crippen molar-refractivity contribution in [1.29, 1.82) is 0 Å². The van der Waals surface area contributed by atoms with Crippen molar-refractivity contribution < 1.29 is 4.74 Å². The summed E-state index contributed by atoms with van der Waals surface area (Å²) in [4.78, 5) is 4.58. The van der Waals surface area contributed by atoms with E-state index in [9.17, 15) is 0 Å². The minimum Gasteiger partial charge on any atom is -0.497 e. The SMILES string of the molecule is COc1ccc2c(c1)CCc1nc(C)c(Br)n1-2. The molecule has 3 nitrogen and oxygen atoms in total. The van der Waals surface area contributed by atoms with Gasteiger partial charge in [0.1, 0.15) is 16.2 Å². The van der Waals surface area contributed by atoms with Crippen molar-refractivity contribution in [3.8, 4) is 11.4 Å². The summed E-state index contributed by atoms with van der Waals surface area (Å²) >= 11 is 3.61. The smallest absolute Gasteiger partial charge is 0.119 e. The number of ether oxygens (including phenoxy) is 1. The van der Waals surface area contributed by atoms with Crippen LogP contribution in [-0.2, 0) is 12.8 Å². The van der Waals surface area contributed by atoms with Gasteiger partial charge in [0.15, 0.2) is 0 Å². The number of hydrogen-bond acceptors (Lipinski definition) is 2. The molecule has 17 heavy (non-hydrogen) atoms. The van der Waals surface area contributed by atoms with E-state index < -0.39 is 0 Å². The average Bonchev–Trinajstić information content (AvgIpc) is 2.65. The molecule has 88 valence electrons. The summed E-state index contributed by atoms with van der Waals surface area (Å²) in [6, 6.07) is 6.21. The summed E-state index contributed by atoms with van der Waals surface area (Å²) in [6.45, 7) is 2.03. The summed E-state index contributed by atoms with van der Waals surface area (Å²) in [5, 5.41) is 0.